The highest BCUT2D eigenvalue weighted by Gasteiger charge is 2.76. The van der Waals surface area contributed by atoms with Gasteiger partial charge in [0.1, 0.15) is 11.6 Å². The van der Waals surface area contributed by atoms with E-state index in [0.717, 1.165) is 35.2 Å². The van der Waals surface area contributed by atoms with Gasteiger partial charge in [0.2, 0.25) is 11.8 Å². The number of anilines is 1. The lowest BCUT2D eigenvalue weighted by atomic mass is 9.70. The maximum absolute atomic E-state index is 14.9. The van der Waals surface area contributed by atoms with Gasteiger partial charge >= 0.3 is 0 Å². The first-order valence-corrected chi connectivity index (χ1v) is 17.3. The number of aliphatic hydroxyl groups excluding tert-OH is 1. The van der Waals surface area contributed by atoms with E-state index in [-0.39, 0.29) is 35.7 Å². The SMILES string of the molecule is C=CCN(Cc1ccccc1)C(=O)[C@H]1[C@@H]2OC3(CC2Br)C(C(=O)N(CC=C)c2cc(C)ccc2C)N(CCCCCCO)C(=O)[C@H]13. The predicted octanol–water partition coefficient (Wildman–Crippen LogP) is 5.34. The standard InChI is InChI=1S/C37H46BrN3O5/c1-5-18-39(24-27-14-10-9-11-15-27)34(43)30-31-35(44)41(20-12-7-8-13-21-42)33(37(31)23-28(38)32(30)46-37)36(45)40(19-6-2)29-22-25(3)16-17-26(29)4/h5-6,9-11,14-17,22,28,30-33,42H,1-2,7-8,12-13,18-21,23-24H2,3-4H3/t28?,30-,31+,32-,33?,37?/m1/s1. The number of unbranched alkanes of at least 4 members (excludes halogenated alkanes) is 3. The van der Waals surface area contributed by atoms with Crippen molar-refractivity contribution in [2.75, 3.05) is 31.1 Å². The highest BCUT2D eigenvalue weighted by Crippen LogP contribution is 2.60. The van der Waals surface area contributed by atoms with Crippen molar-refractivity contribution in [3.05, 3.63) is 90.5 Å². The van der Waals surface area contributed by atoms with Gasteiger partial charge in [0, 0.05) is 43.3 Å². The van der Waals surface area contributed by atoms with Crippen LogP contribution in [0.5, 0.6) is 0 Å². The third kappa shape index (κ3) is 6.34. The van der Waals surface area contributed by atoms with Crippen LogP contribution in [-0.2, 0) is 25.7 Å². The summed E-state index contributed by atoms with van der Waals surface area (Å²) < 4.78 is 6.82. The van der Waals surface area contributed by atoms with Crippen molar-refractivity contribution in [3.63, 3.8) is 0 Å². The zero-order valence-corrected chi connectivity index (χ0v) is 28.5. The Hall–Kier alpha value is -3.27. The molecule has 0 aliphatic carbocycles. The molecule has 46 heavy (non-hydrogen) atoms. The molecule has 0 radical (unpaired) electrons. The van der Waals surface area contributed by atoms with Crippen molar-refractivity contribution in [2.24, 2.45) is 11.8 Å². The number of aliphatic hydroxyl groups is 1. The highest BCUT2D eigenvalue weighted by atomic mass is 79.9. The molecule has 1 spiro atoms. The summed E-state index contributed by atoms with van der Waals surface area (Å²) in [6.07, 6.45) is 6.33. The summed E-state index contributed by atoms with van der Waals surface area (Å²) in [5.41, 5.74) is 2.57. The molecule has 8 nitrogen and oxygen atoms in total. The Morgan fingerprint density at radius 3 is 2.46 bits per heavy atom. The molecule has 246 valence electrons. The van der Waals surface area contributed by atoms with Gasteiger partial charge in [-0.25, -0.2) is 0 Å². The zero-order chi connectivity index (χ0) is 33.0. The fourth-order valence-electron chi connectivity index (χ4n) is 7.68. The predicted molar refractivity (Wildman–Crippen MR) is 183 cm³/mol. The lowest BCUT2D eigenvalue weighted by molar-refractivity contribution is -0.145. The maximum atomic E-state index is 14.9. The second-order valence-electron chi connectivity index (χ2n) is 12.9. The first-order chi connectivity index (χ1) is 22.2. The van der Waals surface area contributed by atoms with Crippen LogP contribution in [0, 0.1) is 25.7 Å². The second-order valence-corrected chi connectivity index (χ2v) is 14.0. The van der Waals surface area contributed by atoms with Gasteiger partial charge in [0.15, 0.2) is 0 Å². The van der Waals surface area contributed by atoms with Crippen molar-refractivity contribution in [1.82, 2.24) is 9.80 Å². The smallest absolute Gasteiger partial charge is 0.253 e. The van der Waals surface area contributed by atoms with Gasteiger partial charge in [-0.3, -0.25) is 14.4 Å². The maximum Gasteiger partial charge on any atom is 0.253 e. The van der Waals surface area contributed by atoms with Gasteiger partial charge < -0.3 is 24.5 Å². The first kappa shape index (κ1) is 34.1. The number of aryl methyl sites for hydroxylation is 2. The Bertz CT molecular complexity index is 1450. The van der Waals surface area contributed by atoms with Gasteiger partial charge in [-0.15, -0.1) is 13.2 Å². The van der Waals surface area contributed by atoms with Crippen molar-refractivity contribution >= 4 is 39.3 Å². The summed E-state index contributed by atoms with van der Waals surface area (Å²) in [5, 5.41) is 9.27. The quantitative estimate of drug-likeness (QED) is 0.155. The number of nitrogens with zero attached hydrogens (tertiary/aromatic N) is 3. The summed E-state index contributed by atoms with van der Waals surface area (Å²) in [6, 6.07) is 14.9. The molecular weight excluding hydrogens is 646 g/mol. The number of carbonyl (C=O) groups excluding carboxylic acids is 3. The van der Waals surface area contributed by atoms with Crippen LogP contribution in [0.2, 0.25) is 0 Å². The molecule has 3 aliphatic heterocycles. The van der Waals surface area contributed by atoms with Gasteiger partial charge in [-0.1, -0.05) is 83.4 Å². The Balaban J connectivity index is 1.54. The molecule has 1 N–H and O–H groups in total. The molecule has 3 amide bonds. The van der Waals surface area contributed by atoms with Crippen LogP contribution in [0.4, 0.5) is 5.69 Å². The minimum atomic E-state index is -1.15. The largest absolute Gasteiger partial charge is 0.396 e. The topological polar surface area (TPSA) is 90.4 Å². The third-order valence-electron chi connectivity index (χ3n) is 9.73. The molecule has 3 unspecified atom stereocenters. The minimum absolute atomic E-state index is 0.122. The van der Waals surface area contributed by atoms with E-state index in [2.05, 4.69) is 29.1 Å². The Morgan fingerprint density at radius 1 is 1.04 bits per heavy atom. The van der Waals surface area contributed by atoms with Gasteiger partial charge in [0.05, 0.1) is 17.9 Å². The van der Waals surface area contributed by atoms with E-state index in [9.17, 15) is 19.5 Å². The number of fused-ring (bicyclic) bond motifs is 1. The number of carbonyl (C=O) groups is 3. The lowest BCUT2D eigenvalue weighted by Crippen LogP contribution is -2.57. The van der Waals surface area contributed by atoms with E-state index in [1.807, 2.05) is 62.4 Å². The second kappa shape index (κ2) is 14.7. The van der Waals surface area contributed by atoms with Crippen LogP contribution in [0.15, 0.2) is 73.8 Å². The number of benzene rings is 2. The van der Waals surface area contributed by atoms with Crippen molar-refractivity contribution < 1.29 is 24.2 Å². The molecule has 3 heterocycles. The summed E-state index contributed by atoms with van der Waals surface area (Å²) >= 11 is 3.81. The molecule has 9 heteroatoms. The van der Waals surface area contributed by atoms with Gasteiger partial charge in [0.25, 0.3) is 5.91 Å². The highest BCUT2D eigenvalue weighted by molar-refractivity contribution is 9.09. The number of halogens is 1. The van der Waals surface area contributed by atoms with Crippen LogP contribution in [-0.4, -0.2) is 81.4 Å². The van der Waals surface area contributed by atoms with E-state index in [1.54, 1.807) is 26.9 Å². The van der Waals surface area contributed by atoms with E-state index in [0.29, 0.717) is 38.9 Å². The number of ether oxygens (including phenoxy) is 1. The summed E-state index contributed by atoms with van der Waals surface area (Å²) in [5.74, 6) is -2.10. The molecule has 0 saturated carbocycles. The molecule has 3 saturated heterocycles. The number of hydrogen-bond acceptors (Lipinski definition) is 5. The number of likely N-dealkylation sites (tertiary alicyclic amines) is 1. The first-order valence-electron chi connectivity index (χ1n) is 16.3. The Morgan fingerprint density at radius 2 is 1.76 bits per heavy atom. The van der Waals surface area contributed by atoms with Crippen LogP contribution in [0.1, 0.15) is 48.8 Å². The normalized spacial score (nSPS) is 26.2. The molecule has 2 bridgehead atoms. The number of rotatable bonds is 15. The Labute approximate surface area is 281 Å². The van der Waals surface area contributed by atoms with E-state index in [4.69, 9.17) is 4.74 Å². The van der Waals surface area contributed by atoms with Crippen LogP contribution < -0.4 is 4.90 Å². The Kier molecular flexibility index (Phi) is 10.9. The molecular formula is C37H46BrN3O5. The van der Waals surface area contributed by atoms with Crippen LogP contribution in [0.3, 0.4) is 0 Å². The molecule has 6 atom stereocenters. The molecule has 2 aromatic carbocycles. The number of hydrogen-bond donors (Lipinski definition) is 1. The molecule has 3 fully saturated rings. The zero-order valence-electron chi connectivity index (χ0n) is 26.9. The molecule has 3 aliphatic rings. The van der Waals surface area contributed by atoms with Gasteiger partial charge in [-0.2, -0.15) is 0 Å². The van der Waals surface area contributed by atoms with Crippen LogP contribution in [0.25, 0.3) is 0 Å². The summed E-state index contributed by atoms with van der Waals surface area (Å²) in [6.45, 7) is 13.3. The average Bonchev–Trinajstić information content (AvgIpc) is 3.64. The molecule has 2 aromatic rings. The summed E-state index contributed by atoms with van der Waals surface area (Å²) in [7, 11) is 0. The molecule has 5 rings (SSSR count). The lowest BCUT2D eigenvalue weighted by Gasteiger charge is -2.38. The number of alkyl halides is 1. The van der Waals surface area contributed by atoms with Gasteiger partial charge in [-0.05, 0) is 55.9 Å². The van der Waals surface area contributed by atoms with E-state index < -0.39 is 29.6 Å². The van der Waals surface area contributed by atoms with Crippen molar-refractivity contribution in [2.45, 2.75) is 75.1 Å². The fraction of sp³-hybridized carbons (Fsp3) is 0.486. The van der Waals surface area contributed by atoms with Crippen LogP contribution >= 0.6 is 15.9 Å². The van der Waals surface area contributed by atoms with Crippen molar-refractivity contribution in [1.29, 1.82) is 0 Å². The minimum Gasteiger partial charge on any atom is -0.396 e. The third-order valence-corrected chi connectivity index (χ3v) is 10.6. The average molecular weight is 693 g/mol. The van der Waals surface area contributed by atoms with Crippen molar-refractivity contribution in [3.8, 4) is 0 Å². The van der Waals surface area contributed by atoms with E-state index in [1.165, 1.54) is 0 Å². The van der Waals surface area contributed by atoms with E-state index >= 15 is 0 Å². The fourth-order valence-corrected chi connectivity index (χ4v) is 8.62. The monoisotopic (exact) mass is 691 g/mol. The number of amides is 3. The molecule has 0 aromatic heterocycles. The summed E-state index contributed by atoms with van der Waals surface area (Å²) in [4.78, 5) is 49.0.